The first-order chi connectivity index (χ1) is 12.5. The Labute approximate surface area is 182 Å². The molecule has 1 aromatic heterocycles. The number of rotatable bonds is 7. The second-order valence-corrected chi connectivity index (χ2v) is 7.46. The van der Waals surface area contributed by atoms with Crippen molar-refractivity contribution in [3.8, 4) is 0 Å². The zero-order valence-corrected chi connectivity index (χ0v) is 19.4. The lowest BCUT2D eigenvalue weighted by atomic mass is 10.1. The number of aromatic nitrogens is 1. The molecule has 1 atom stereocenters. The van der Waals surface area contributed by atoms with Gasteiger partial charge in [-0.3, -0.25) is 9.79 Å². The maximum Gasteiger partial charge on any atom is 0.227 e. The van der Waals surface area contributed by atoms with Gasteiger partial charge >= 0.3 is 0 Å². The van der Waals surface area contributed by atoms with Crippen molar-refractivity contribution < 1.29 is 4.79 Å². The second kappa shape index (κ2) is 11.9. The van der Waals surface area contributed by atoms with Gasteiger partial charge in [0.1, 0.15) is 5.01 Å². The summed E-state index contributed by atoms with van der Waals surface area (Å²) in [4.78, 5) is 21.8. The molecule has 0 bridgehead atoms. The van der Waals surface area contributed by atoms with Gasteiger partial charge in [0.2, 0.25) is 5.91 Å². The fraction of sp³-hybridized carbons (Fsp3) is 0.421. The molecule has 1 unspecified atom stereocenters. The predicted molar refractivity (Wildman–Crippen MR) is 124 cm³/mol. The summed E-state index contributed by atoms with van der Waals surface area (Å²) in [5, 5.41) is 10.5. The van der Waals surface area contributed by atoms with Crippen molar-refractivity contribution in [2.75, 3.05) is 12.4 Å². The summed E-state index contributed by atoms with van der Waals surface area (Å²) < 4.78 is 0. The van der Waals surface area contributed by atoms with Gasteiger partial charge in [0.05, 0.1) is 6.54 Å². The van der Waals surface area contributed by atoms with E-state index in [1.165, 1.54) is 4.88 Å². The molecule has 0 aliphatic rings. The topological polar surface area (TPSA) is 78.4 Å². The molecule has 2 rings (SSSR count). The minimum Gasteiger partial charge on any atom is -0.352 e. The van der Waals surface area contributed by atoms with E-state index in [2.05, 4.69) is 25.9 Å². The molecule has 1 aromatic carbocycles. The molecule has 0 saturated carbocycles. The summed E-state index contributed by atoms with van der Waals surface area (Å²) in [6.07, 6.45) is 2.70. The summed E-state index contributed by atoms with van der Waals surface area (Å²) in [6.45, 7) is 7.24. The monoisotopic (exact) mass is 501 g/mol. The third-order valence-corrected chi connectivity index (χ3v) is 4.93. The van der Waals surface area contributed by atoms with Gasteiger partial charge in [-0.1, -0.05) is 26.0 Å². The number of guanidine groups is 1. The van der Waals surface area contributed by atoms with Crippen LogP contribution in [0.2, 0.25) is 0 Å². The SMILES string of the molecule is CCC(C)C(=O)Nc1cccc(CNC(=NC)NCc2ncc(C)s2)c1.I. The van der Waals surface area contributed by atoms with Crippen LogP contribution in [-0.2, 0) is 17.9 Å². The van der Waals surface area contributed by atoms with Crippen molar-refractivity contribution in [3.05, 3.63) is 45.9 Å². The van der Waals surface area contributed by atoms with Gasteiger partial charge in [-0.15, -0.1) is 35.3 Å². The van der Waals surface area contributed by atoms with Crippen LogP contribution in [0.5, 0.6) is 0 Å². The summed E-state index contributed by atoms with van der Waals surface area (Å²) in [5.74, 6) is 0.773. The van der Waals surface area contributed by atoms with Gasteiger partial charge in [0.15, 0.2) is 5.96 Å². The Morgan fingerprint density at radius 2 is 2.04 bits per heavy atom. The number of aliphatic imine (C=N–C) groups is 1. The largest absolute Gasteiger partial charge is 0.352 e. The van der Waals surface area contributed by atoms with Gasteiger partial charge in [-0.2, -0.15) is 0 Å². The standard InChI is InChI=1S/C19H27N5OS.HI/c1-5-13(2)18(25)24-16-8-6-7-15(9-16)11-22-19(20-4)23-12-17-21-10-14(3)26-17;/h6-10,13H,5,11-12H2,1-4H3,(H,24,25)(H2,20,22,23);1H. The molecule has 0 aliphatic carbocycles. The number of benzene rings is 1. The van der Waals surface area contributed by atoms with Gasteiger partial charge in [0, 0.05) is 36.3 Å². The highest BCUT2D eigenvalue weighted by molar-refractivity contribution is 14.0. The van der Waals surface area contributed by atoms with Crippen LogP contribution in [0.3, 0.4) is 0 Å². The first-order valence-electron chi connectivity index (χ1n) is 8.77. The van der Waals surface area contributed by atoms with E-state index in [-0.39, 0.29) is 35.8 Å². The van der Waals surface area contributed by atoms with E-state index in [0.717, 1.165) is 22.7 Å². The lowest BCUT2D eigenvalue weighted by Crippen LogP contribution is -2.36. The zero-order chi connectivity index (χ0) is 18.9. The van der Waals surface area contributed by atoms with Crippen LogP contribution in [0.4, 0.5) is 5.69 Å². The maximum atomic E-state index is 12.0. The van der Waals surface area contributed by atoms with Crippen LogP contribution in [0.25, 0.3) is 0 Å². The Morgan fingerprint density at radius 1 is 1.30 bits per heavy atom. The van der Waals surface area contributed by atoms with E-state index in [4.69, 9.17) is 0 Å². The molecule has 1 heterocycles. The van der Waals surface area contributed by atoms with Crippen molar-refractivity contribution in [1.29, 1.82) is 0 Å². The van der Waals surface area contributed by atoms with E-state index in [1.54, 1.807) is 18.4 Å². The van der Waals surface area contributed by atoms with E-state index < -0.39 is 0 Å². The first-order valence-corrected chi connectivity index (χ1v) is 9.59. The first kappa shape index (κ1) is 23.4. The average Bonchev–Trinajstić information content (AvgIpc) is 3.06. The smallest absolute Gasteiger partial charge is 0.227 e. The Hall–Kier alpha value is -1.68. The number of carbonyl (C=O) groups is 1. The fourth-order valence-corrected chi connectivity index (χ4v) is 2.99. The molecular weight excluding hydrogens is 473 g/mol. The molecule has 0 aliphatic heterocycles. The Morgan fingerprint density at radius 3 is 2.67 bits per heavy atom. The molecule has 3 N–H and O–H groups in total. The molecule has 148 valence electrons. The van der Waals surface area contributed by atoms with Crippen molar-refractivity contribution in [2.24, 2.45) is 10.9 Å². The minimum absolute atomic E-state index is 0. The Kier molecular flexibility index (Phi) is 10.3. The minimum atomic E-state index is 0. The number of nitrogens with one attached hydrogen (secondary N) is 3. The number of nitrogens with zero attached hydrogens (tertiary/aromatic N) is 2. The molecule has 27 heavy (non-hydrogen) atoms. The maximum absolute atomic E-state index is 12.0. The number of anilines is 1. The summed E-state index contributed by atoms with van der Waals surface area (Å²) in [5.41, 5.74) is 1.89. The van der Waals surface area contributed by atoms with Crippen LogP contribution in [-0.4, -0.2) is 23.9 Å². The van der Waals surface area contributed by atoms with E-state index in [0.29, 0.717) is 19.0 Å². The normalized spacial score (nSPS) is 12.1. The van der Waals surface area contributed by atoms with Gasteiger partial charge in [-0.05, 0) is 31.0 Å². The molecule has 8 heteroatoms. The third-order valence-electron chi connectivity index (χ3n) is 4.01. The van der Waals surface area contributed by atoms with Crippen LogP contribution in [0.1, 0.15) is 35.7 Å². The highest BCUT2D eigenvalue weighted by atomic mass is 127. The zero-order valence-electron chi connectivity index (χ0n) is 16.2. The van der Waals surface area contributed by atoms with Crippen LogP contribution in [0.15, 0.2) is 35.5 Å². The Balaban J connectivity index is 0.00000364. The lowest BCUT2D eigenvalue weighted by Gasteiger charge is -2.13. The van der Waals surface area contributed by atoms with Gasteiger partial charge in [0.25, 0.3) is 0 Å². The van der Waals surface area contributed by atoms with Crippen molar-refractivity contribution >= 4 is 52.9 Å². The van der Waals surface area contributed by atoms with E-state index >= 15 is 0 Å². The number of halogens is 1. The Bertz CT molecular complexity index is 762. The molecule has 0 spiro atoms. The molecule has 6 nitrogen and oxygen atoms in total. The third kappa shape index (κ3) is 7.84. The fourth-order valence-electron chi connectivity index (χ4n) is 2.26. The van der Waals surface area contributed by atoms with Crippen LogP contribution in [0, 0.1) is 12.8 Å². The summed E-state index contributed by atoms with van der Waals surface area (Å²) in [6, 6.07) is 7.84. The number of thiazole rings is 1. The number of aryl methyl sites for hydroxylation is 1. The van der Waals surface area contributed by atoms with Crippen molar-refractivity contribution in [3.63, 3.8) is 0 Å². The average molecular weight is 501 g/mol. The van der Waals surface area contributed by atoms with Crippen LogP contribution < -0.4 is 16.0 Å². The second-order valence-electron chi connectivity index (χ2n) is 6.14. The molecule has 0 radical (unpaired) electrons. The van der Waals surface area contributed by atoms with Crippen molar-refractivity contribution in [2.45, 2.75) is 40.3 Å². The molecule has 1 amide bonds. The van der Waals surface area contributed by atoms with Crippen LogP contribution >= 0.6 is 35.3 Å². The predicted octanol–water partition coefficient (Wildman–Crippen LogP) is 3.92. The lowest BCUT2D eigenvalue weighted by molar-refractivity contribution is -0.119. The quantitative estimate of drug-likeness (QED) is 0.305. The van der Waals surface area contributed by atoms with Crippen molar-refractivity contribution in [1.82, 2.24) is 15.6 Å². The summed E-state index contributed by atoms with van der Waals surface area (Å²) >= 11 is 1.67. The molecular formula is C19H28IN5OS. The highest BCUT2D eigenvalue weighted by Crippen LogP contribution is 2.13. The summed E-state index contributed by atoms with van der Waals surface area (Å²) in [7, 11) is 1.74. The van der Waals surface area contributed by atoms with Gasteiger partial charge in [-0.25, -0.2) is 4.98 Å². The number of hydrogen-bond donors (Lipinski definition) is 3. The number of amides is 1. The number of carbonyl (C=O) groups excluding carboxylic acids is 1. The highest BCUT2D eigenvalue weighted by Gasteiger charge is 2.10. The van der Waals surface area contributed by atoms with E-state index in [9.17, 15) is 4.79 Å². The number of hydrogen-bond acceptors (Lipinski definition) is 4. The van der Waals surface area contributed by atoms with Gasteiger partial charge < -0.3 is 16.0 Å². The van der Waals surface area contributed by atoms with E-state index in [1.807, 2.05) is 51.2 Å². The molecule has 2 aromatic rings. The molecule has 0 fully saturated rings. The molecule has 0 saturated heterocycles.